The third-order valence-electron chi connectivity index (χ3n) is 3.31. The van der Waals surface area contributed by atoms with E-state index in [2.05, 4.69) is 5.32 Å². The van der Waals surface area contributed by atoms with E-state index in [-0.39, 0.29) is 24.2 Å². The molecule has 4 nitrogen and oxygen atoms in total. The first kappa shape index (κ1) is 13.0. The van der Waals surface area contributed by atoms with Crippen molar-refractivity contribution in [1.82, 2.24) is 10.2 Å². The summed E-state index contributed by atoms with van der Waals surface area (Å²) in [4.78, 5) is 13.6. The highest BCUT2D eigenvalue weighted by atomic mass is 19.1. The topological polar surface area (TPSA) is 52.6 Å². The van der Waals surface area contributed by atoms with Gasteiger partial charge in [0.05, 0.1) is 18.6 Å². The van der Waals surface area contributed by atoms with Gasteiger partial charge in [0.2, 0.25) is 5.91 Å². The molecule has 1 aromatic carbocycles. The van der Waals surface area contributed by atoms with Crippen LogP contribution < -0.4 is 5.32 Å². The van der Waals surface area contributed by atoms with Crippen molar-refractivity contribution in [1.29, 1.82) is 0 Å². The van der Waals surface area contributed by atoms with Crippen LogP contribution >= 0.6 is 0 Å². The van der Waals surface area contributed by atoms with Crippen molar-refractivity contribution in [2.45, 2.75) is 18.6 Å². The van der Waals surface area contributed by atoms with Crippen molar-refractivity contribution in [3.05, 3.63) is 35.6 Å². The molecule has 1 aliphatic rings. The van der Waals surface area contributed by atoms with Crippen LogP contribution in [0, 0.1) is 5.82 Å². The SMILES string of the molecule is CN(C(=O)Cc1ccc(F)cc1)[C@@H]1CNC[C@H]1O. The van der Waals surface area contributed by atoms with Gasteiger partial charge < -0.3 is 15.3 Å². The van der Waals surface area contributed by atoms with Crippen molar-refractivity contribution in [3.63, 3.8) is 0 Å². The molecule has 1 aliphatic heterocycles. The Morgan fingerprint density at radius 2 is 2.11 bits per heavy atom. The molecule has 2 rings (SSSR count). The van der Waals surface area contributed by atoms with Crippen LogP contribution in [0.4, 0.5) is 4.39 Å². The number of β-amino-alcohol motifs (C(OH)–C–C–N with tert-alkyl or cyclic N) is 1. The molecule has 2 atom stereocenters. The third kappa shape index (κ3) is 2.86. The maximum absolute atomic E-state index is 12.7. The standard InChI is InChI=1S/C13H17FN2O2/c1-16(11-7-15-8-12(11)17)13(18)6-9-2-4-10(14)5-3-9/h2-5,11-12,15,17H,6-8H2,1H3/t11-,12-/m1/s1. The fourth-order valence-corrected chi connectivity index (χ4v) is 2.13. The summed E-state index contributed by atoms with van der Waals surface area (Å²) in [5.41, 5.74) is 0.772. The maximum Gasteiger partial charge on any atom is 0.227 e. The van der Waals surface area contributed by atoms with Gasteiger partial charge >= 0.3 is 0 Å². The molecule has 18 heavy (non-hydrogen) atoms. The Labute approximate surface area is 105 Å². The molecule has 1 fully saturated rings. The van der Waals surface area contributed by atoms with Gasteiger partial charge in [-0.2, -0.15) is 0 Å². The number of hydrogen-bond acceptors (Lipinski definition) is 3. The van der Waals surface area contributed by atoms with Gasteiger partial charge in [0, 0.05) is 20.1 Å². The lowest BCUT2D eigenvalue weighted by Gasteiger charge is -2.26. The summed E-state index contributed by atoms with van der Waals surface area (Å²) in [5, 5.41) is 12.7. The normalized spacial score (nSPS) is 23.1. The van der Waals surface area contributed by atoms with E-state index in [9.17, 15) is 14.3 Å². The molecule has 98 valence electrons. The number of nitrogens with zero attached hydrogens (tertiary/aromatic N) is 1. The summed E-state index contributed by atoms with van der Waals surface area (Å²) in [5.74, 6) is -0.385. The van der Waals surface area contributed by atoms with E-state index in [1.54, 1.807) is 24.1 Å². The van der Waals surface area contributed by atoms with E-state index >= 15 is 0 Å². The zero-order valence-electron chi connectivity index (χ0n) is 10.3. The Balaban J connectivity index is 1.97. The highest BCUT2D eigenvalue weighted by Gasteiger charge is 2.30. The van der Waals surface area contributed by atoms with Crippen LogP contribution in [0.3, 0.4) is 0 Å². The number of halogens is 1. The molecule has 1 saturated heterocycles. The molecular formula is C13H17FN2O2. The van der Waals surface area contributed by atoms with Crippen LogP contribution in [0.25, 0.3) is 0 Å². The minimum atomic E-state index is -0.521. The summed E-state index contributed by atoms with van der Waals surface area (Å²) in [7, 11) is 1.69. The lowest BCUT2D eigenvalue weighted by molar-refractivity contribution is -0.132. The first-order chi connectivity index (χ1) is 8.58. The van der Waals surface area contributed by atoms with Crippen LogP contribution in [0.1, 0.15) is 5.56 Å². The van der Waals surface area contributed by atoms with Gasteiger partial charge in [-0.05, 0) is 17.7 Å². The summed E-state index contributed by atoms with van der Waals surface area (Å²) < 4.78 is 12.7. The van der Waals surface area contributed by atoms with Crippen molar-refractivity contribution in [2.24, 2.45) is 0 Å². The van der Waals surface area contributed by atoms with E-state index in [1.807, 2.05) is 0 Å². The van der Waals surface area contributed by atoms with Gasteiger partial charge in [-0.3, -0.25) is 4.79 Å². The average molecular weight is 252 g/mol. The molecule has 0 unspecified atom stereocenters. The molecule has 1 amide bonds. The zero-order valence-corrected chi connectivity index (χ0v) is 10.3. The molecular weight excluding hydrogens is 235 g/mol. The molecule has 5 heteroatoms. The van der Waals surface area contributed by atoms with Crippen molar-refractivity contribution in [2.75, 3.05) is 20.1 Å². The van der Waals surface area contributed by atoms with Crippen molar-refractivity contribution >= 4 is 5.91 Å². The Bertz CT molecular complexity index is 422. The molecule has 1 heterocycles. The van der Waals surface area contributed by atoms with Gasteiger partial charge in [-0.25, -0.2) is 4.39 Å². The minimum absolute atomic E-state index is 0.0747. The van der Waals surface area contributed by atoms with Gasteiger partial charge in [0.25, 0.3) is 0 Å². The number of benzene rings is 1. The fourth-order valence-electron chi connectivity index (χ4n) is 2.13. The fraction of sp³-hybridized carbons (Fsp3) is 0.462. The van der Waals surface area contributed by atoms with Crippen LogP contribution in [-0.4, -0.2) is 48.2 Å². The van der Waals surface area contributed by atoms with Gasteiger partial charge in [-0.1, -0.05) is 12.1 Å². The number of nitrogens with one attached hydrogen (secondary N) is 1. The number of carbonyl (C=O) groups excluding carboxylic acids is 1. The Kier molecular flexibility index (Phi) is 3.93. The highest BCUT2D eigenvalue weighted by molar-refractivity contribution is 5.79. The van der Waals surface area contributed by atoms with Gasteiger partial charge in [0.1, 0.15) is 5.82 Å². The van der Waals surface area contributed by atoms with E-state index in [0.717, 1.165) is 5.56 Å². The molecule has 0 aliphatic carbocycles. The number of amides is 1. The van der Waals surface area contributed by atoms with Crippen LogP contribution in [0.5, 0.6) is 0 Å². The van der Waals surface area contributed by atoms with Crippen molar-refractivity contribution < 1.29 is 14.3 Å². The number of aliphatic hydroxyl groups excluding tert-OH is 1. The van der Waals surface area contributed by atoms with Crippen molar-refractivity contribution in [3.8, 4) is 0 Å². The first-order valence-corrected chi connectivity index (χ1v) is 5.97. The minimum Gasteiger partial charge on any atom is -0.390 e. The monoisotopic (exact) mass is 252 g/mol. The second-order valence-electron chi connectivity index (χ2n) is 4.60. The summed E-state index contributed by atoms with van der Waals surface area (Å²) in [6.45, 7) is 1.12. The highest BCUT2D eigenvalue weighted by Crippen LogP contribution is 2.11. The number of likely N-dealkylation sites (N-methyl/N-ethyl adjacent to an activating group) is 1. The number of aliphatic hydroxyl groups is 1. The number of carbonyl (C=O) groups is 1. The van der Waals surface area contributed by atoms with E-state index < -0.39 is 6.10 Å². The third-order valence-corrected chi connectivity index (χ3v) is 3.31. The molecule has 1 aromatic rings. The Morgan fingerprint density at radius 3 is 2.67 bits per heavy atom. The Morgan fingerprint density at radius 1 is 1.44 bits per heavy atom. The summed E-state index contributed by atoms with van der Waals surface area (Å²) in [6, 6.07) is 5.70. The summed E-state index contributed by atoms with van der Waals surface area (Å²) in [6.07, 6.45) is -0.299. The smallest absolute Gasteiger partial charge is 0.227 e. The van der Waals surface area contributed by atoms with Crippen LogP contribution in [-0.2, 0) is 11.2 Å². The summed E-state index contributed by atoms with van der Waals surface area (Å²) >= 11 is 0. The predicted octanol–water partition coefficient (Wildman–Crippen LogP) is 0.159. The molecule has 0 bridgehead atoms. The van der Waals surface area contributed by atoms with Gasteiger partial charge in [0.15, 0.2) is 0 Å². The van der Waals surface area contributed by atoms with E-state index in [0.29, 0.717) is 13.1 Å². The second-order valence-corrected chi connectivity index (χ2v) is 4.60. The van der Waals surface area contributed by atoms with Gasteiger partial charge in [-0.15, -0.1) is 0 Å². The molecule has 0 radical (unpaired) electrons. The van der Waals surface area contributed by atoms with Crippen LogP contribution in [0.15, 0.2) is 24.3 Å². The lowest BCUT2D eigenvalue weighted by atomic mass is 10.1. The number of hydrogen-bond donors (Lipinski definition) is 2. The molecule has 0 saturated carbocycles. The van der Waals surface area contributed by atoms with Crippen LogP contribution in [0.2, 0.25) is 0 Å². The molecule has 0 spiro atoms. The molecule has 0 aromatic heterocycles. The number of rotatable bonds is 3. The van der Waals surface area contributed by atoms with E-state index in [1.165, 1.54) is 12.1 Å². The Hall–Kier alpha value is -1.46. The zero-order chi connectivity index (χ0) is 13.1. The average Bonchev–Trinajstić information content (AvgIpc) is 2.77. The quantitative estimate of drug-likeness (QED) is 0.805. The lowest BCUT2D eigenvalue weighted by Crippen LogP contribution is -2.44. The second kappa shape index (κ2) is 5.46. The maximum atomic E-state index is 12.7. The molecule has 2 N–H and O–H groups in total. The largest absolute Gasteiger partial charge is 0.390 e. The van der Waals surface area contributed by atoms with E-state index in [4.69, 9.17) is 0 Å². The first-order valence-electron chi connectivity index (χ1n) is 5.97. The predicted molar refractivity (Wildman–Crippen MR) is 65.5 cm³/mol.